The first-order valence-corrected chi connectivity index (χ1v) is 4.21. The van der Waals surface area contributed by atoms with E-state index in [1.165, 1.54) is 0 Å². The Hall–Kier alpha value is -1.68. The summed E-state index contributed by atoms with van der Waals surface area (Å²) in [5.74, 6) is 0. The second kappa shape index (κ2) is 9.86. The van der Waals surface area contributed by atoms with Crippen LogP contribution >= 0.6 is 0 Å². The van der Waals surface area contributed by atoms with E-state index in [2.05, 4.69) is 19.8 Å². The molecule has 0 aliphatic heterocycles. The van der Waals surface area contributed by atoms with E-state index in [1.54, 1.807) is 27.7 Å². The van der Waals surface area contributed by atoms with E-state index in [0.29, 0.717) is 0 Å². The minimum Gasteiger partial charge on any atom is -0.196 e. The zero-order chi connectivity index (χ0) is 13.1. The predicted octanol–water partition coefficient (Wildman–Crippen LogP) is 1.07. The van der Waals surface area contributed by atoms with Gasteiger partial charge in [0.05, 0.1) is 12.2 Å². The highest BCUT2D eigenvalue weighted by atomic mass is 17.3. The van der Waals surface area contributed by atoms with Crippen LogP contribution in [-0.2, 0) is 19.8 Å². The minimum atomic E-state index is -1.00. The largest absolute Gasteiger partial charge is 0.322 e. The van der Waals surface area contributed by atoms with Crippen LogP contribution in [0.3, 0.4) is 0 Å². The van der Waals surface area contributed by atoms with E-state index in [4.69, 9.17) is 0 Å². The molecule has 0 radical (unpaired) electrons. The van der Waals surface area contributed by atoms with Crippen molar-refractivity contribution >= 4 is 0 Å². The molecule has 10 heteroatoms. The molecule has 0 rings (SSSR count). The van der Waals surface area contributed by atoms with Crippen LogP contribution < -0.4 is 0 Å². The van der Waals surface area contributed by atoms with E-state index in [0.717, 1.165) is 0 Å². The van der Waals surface area contributed by atoms with E-state index in [-0.39, 0.29) is 12.2 Å². The first-order valence-electron chi connectivity index (χ1n) is 4.21. The number of rotatable bonds is 6. The van der Waals surface area contributed by atoms with Crippen molar-refractivity contribution in [2.75, 3.05) is 0 Å². The van der Waals surface area contributed by atoms with Gasteiger partial charge in [-0.3, -0.25) is 0 Å². The molecule has 0 atom stereocenters. The fraction of sp³-hybridized carbons (Fsp3) is 1.00. The maximum Gasteiger partial charge on any atom is 0.322 e. The van der Waals surface area contributed by atoms with Crippen LogP contribution in [0, 0.1) is 20.2 Å². The van der Waals surface area contributed by atoms with Gasteiger partial charge in [-0.2, -0.15) is 9.78 Å². The summed E-state index contributed by atoms with van der Waals surface area (Å²) in [6.07, 6.45) is -0.555. The normalized spacial score (nSPS) is 9.38. The summed E-state index contributed by atoms with van der Waals surface area (Å²) in [6.45, 7) is 6.51. The zero-order valence-corrected chi connectivity index (χ0v) is 9.32. The highest BCUT2D eigenvalue weighted by Crippen LogP contribution is 1.87. The molecule has 0 amide bonds. The van der Waals surface area contributed by atoms with Gasteiger partial charge in [0.25, 0.3) is 0 Å². The first-order chi connectivity index (χ1) is 7.25. The van der Waals surface area contributed by atoms with Gasteiger partial charge in [-0.05, 0) is 27.7 Å². The Bertz CT molecular complexity index is 185. The third kappa shape index (κ3) is 22.8. The topological polar surface area (TPSA) is 123 Å². The predicted molar refractivity (Wildman–Crippen MR) is 48.6 cm³/mol. The van der Waals surface area contributed by atoms with Crippen LogP contribution in [0.2, 0.25) is 0 Å². The Morgan fingerprint density at radius 2 is 1.06 bits per heavy atom. The quantitative estimate of drug-likeness (QED) is 0.384. The monoisotopic (exact) mass is 242 g/mol. The fourth-order valence-electron chi connectivity index (χ4n) is 0.242. The summed E-state index contributed by atoms with van der Waals surface area (Å²) in [5.41, 5.74) is 0. The molecule has 0 bridgehead atoms. The average Bonchev–Trinajstić information content (AvgIpc) is 2.12. The first kappa shape index (κ1) is 16.7. The lowest BCUT2D eigenvalue weighted by molar-refractivity contribution is -0.854. The van der Waals surface area contributed by atoms with Gasteiger partial charge in [-0.25, -0.2) is 0 Å². The molecule has 0 aromatic carbocycles. The molecule has 16 heavy (non-hydrogen) atoms. The second-order valence-electron chi connectivity index (χ2n) is 2.89. The highest BCUT2D eigenvalue weighted by molar-refractivity contribution is 4.25. The van der Waals surface area contributed by atoms with Crippen molar-refractivity contribution in [1.29, 1.82) is 0 Å². The van der Waals surface area contributed by atoms with Gasteiger partial charge in [-0.15, -0.1) is 30.2 Å². The summed E-state index contributed by atoms with van der Waals surface area (Å²) in [6, 6.07) is 0. The van der Waals surface area contributed by atoms with Crippen LogP contribution in [0.15, 0.2) is 0 Å². The Morgan fingerprint density at radius 3 is 1.12 bits per heavy atom. The van der Waals surface area contributed by atoms with Crippen LogP contribution in [0.25, 0.3) is 0 Å². The summed E-state index contributed by atoms with van der Waals surface area (Å²) in [5, 5.41) is 16.7. The molecule has 0 unspecified atom stereocenters. The molecule has 0 aliphatic rings. The van der Waals surface area contributed by atoms with Crippen molar-refractivity contribution in [3.8, 4) is 0 Å². The van der Waals surface area contributed by atoms with Gasteiger partial charge in [0.1, 0.15) is 0 Å². The third-order valence-electron chi connectivity index (χ3n) is 0.593. The summed E-state index contributed by atoms with van der Waals surface area (Å²) < 4.78 is 0. The fourth-order valence-corrected chi connectivity index (χ4v) is 0.242. The third-order valence-corrected chi connectivity index (χ3v) is 0.593. The lowest BCUT2D eigenvalue weighted by Crippen LogP contribution is -2.07. The molecule has 0 fully saturated rings. The van der Waals surface area contributed by atoms with E-state index < -0.39 is 10.2 Å². The summed E-state index contributed by atoms with van der Waals surface area (Å²) >= 11 is 0. The molecule has 0 aromatic rings. The van der Waals surface area contributed by atoms with Gasteiger partial charge in [0, 0.05) is 0 Å². The van der Waals surface area contributed by atoms with Crippen molar-refractivity contribution in [2.45, 2.75) is 39.9 Å². The average molecular weight is 242 g/mol. The Morgan fingerprint density at radius 1 is 0.812 bits per heavy atom. The van der Waals surface area contributed by atoms with E-state index in [9.17, 15) is 20.2 Å². The molecule has 0 saturated carbocycles. The van der Waals surface area contributed by atoms with E-state index >= 15 is 0 Å². The van der Waals surface area contributed by atoms with Gasteiger partial charge in [0.2, 0.25) is 0 Å². The molecule has 0 spiro atoms. The van der Waals surface area contributed by atoms with Crippen LogP contribution in [0.1, 0.15) is 27.7 Å². The molecule has 0 aliphatic carbocycles. The molecular weight excluding hydrogens is 228 g/mol. The van der Waals surface area contributed by atoms with Crippen LogP contribution in [-0.4, -0.2) is 22.4 Å². The zero-order valence-electron chi connectivity index (χ0n) is 9.32. The molecule has 0 saturated heterocycles. The van der Waals surface area contributed by atoms with Gasteiger partial charge >= 0.3 is 10.2 Å². The molecule has 0 heterocycles. The molecule has 96 valence electrons. The van der Waals surface area contributed by atoms with Crippen molar-refractivity contribution in [3.63, 3.8) is 0 Å². The Balaban J connectivity index is 0. The summed E-state index contributed by atoms with van der Waals surface area (Å²) in [4.78, 5) is 34.0. The molecule has 0 aromatic heterocycles. The van der Waals surface area contributed by atoms with Gasteiger partial charge in [0.15, 0.2) is 0 Å². The lowest BCUT2D eigenvalue weighted by atomic mass is 10.5. The lowest BCUT2D eigenvalue weighted by Gasteiger charge is -1.99. The number of hydrogen-bond donors (Lipinski definition) is 0. The Kier molecular flexibility index (Phi) is 10.3. The van der Waals surface area contributed by atoms with Crippen molar-refractivity contribution < 1.29 is 29.9 Å². The maximum atomic E-state index is 9.36. The van der Waals surface area contributed by atoms with Crippen LogP contribution in [0.4, 0.5) is 0 Å². The molecular formula is C6H14N2O8. The number of hydrogen-bond acceptors (Lipinski definition) is 8. The van der Waals surface area contributed by atoms with E-state index in [1.807, 2.05) is 0 Å². The van der Waals surface area contributed by atoms with Crippen molar-refractivity contribution in [1.82, 2.24) is 0 Å². The smallest absolute Gasteiger partial charge is 0.196 e. The molecule has 10 nitrogen and oxygen atoms in total. The molecule has 0 N–H and O–H groups in total. The van der Waals surface area contributed by atoms with Gasteiger partial charge in [-0.1, -0.05) is 0 Å². The minimum absolute atomic E-state index is 0.277. The van der Waals surface area contributed by atoms with Crippen molar-refractivity contribution in [2.24, 2.45) is 0 Å². The van der Waals surface area contributed by atoms with Crippen molar-refractivity contribution in [3.05, 3.63) is 20.2 Å². The number of nitrogens with zero attached hydrogens (tertiary/aromatic N) is 2. The van der Waals surface area contributed by atoms with Gasteiger partial charge < -0.3 is 0 Å². The highest BCUT2D eigenvalue weighted by Gasteiger charge is 1.97. The second-order valence-corrected chi connectivity index (χ2v) is 2.89. The summed E-state index contributed by atoms with van der Waals surface area (Å²) in [7, 11) is 0. The maximum absolute atomic E-state index is 9.36. The SMILES string of the molecule is CC(C)OO[N+](=O)[O-].CC(C)OO[N+](=O)[O-]. The standard InChI is InChI=1S/2C3H7NO4/c2*1-3(2)7-8-4(5)6/h2*3H,1-2H3. The Labute approximate surface area is 91.1 Å². The van der Waals surface area contributed by atoms with Crippen LogP contribution in [0.5, 0.6) is 0 Å².